The van der Waals surface area contributed by atoms with Crippen molar-refractivity contribution < 1.29 is 22.5 Å². The summed E-state index contributed by atoms with van der Waals surface area (Å²) in [6.45, 7) is -1.11. The zero-order valence-corrected chi connectivity index (χ0v) is 19.2. The predicted molar refractivity (Wildman–Crippen MR) is 127 cm³/mol. The number of carbonyl (C=O) groups excluding carboxylic acids is 1. The Hall–Kier alpha value is -4.23. The van der Waals surface area contributed by atoms with Crippen LogP contribution in [0.1, 0.15) is 27.9 Å². The fraction of sp³-hybridized carbons (Fsp3) is 0.250. The predicted octanol–water partition coefficient (Wildman–Crippen LogP) is 2.03. The van der Waals surface area contributed by atoms with Gasteiger partial charge in [-0.15, -0.1) is 0 Å². The number of aliphatic imine (C=N–C) groups is 1. The molecule has 3 N–H and O–H groups in total. The fourth-order valence-electron chi connectivity index (χ4n) is 4.55. The van der Waals surface area contributed by atoms with Crippen LogP contribution in [0.3, 0.4) is 0 Å². The van der Waals surface area contributed by atoms with Crippen LogP contribution in [-0.2, 0) is 6.54 Å². The van der Waals surface area contributed by atoms with Gasteiger partial charge in [0.15, 0.2) is 6.29 Å². The number of amides is 1. The van der Waals surface area contributed by atoms with Crippen molar-refractivity contribution in [1.82, 2.24) is 25.1 Å². The van der Waals surface area contributed by atoms with Crippen molar-refractivity contribution in [2.24, 2.45) is 10.7 Å². The number of nitrogens with zero attached hydrogens (tertiary/aromatic N) is 5. The van der Waals surface area contributed by atoms with Crippen LogP contribution in [0.5, 0.6) is 0 Å². The maximum absolute atomic E-state index is 14.1. The summed E-state index contributed by atoms with van der Waals surface area (Å²) >= 11 is 0. The summed E-state index contributed by atoms with van der Waals surface area (Å²) in [5.74, 6) is -3.67. The summed E-state index contributed by atoms with van der Waals surface area (Å²) in [4.78, 5) is 35.6. The zero-order chi connectivity index (χ0) is 25.9. The number of allylic oxidation sites excluding steroid dienone is 2. The molecule has 1 atom stereocenters. The molecule has 13 heteroatoms. The molecule has 1 aromatic carbocycles. The highest BCUT2D eigenvalue weighted by molar-refractivity contribution is 6.04. The molecule has 1 fully saturated rings. The summed E-state index contributed by atoms with van der Waals surface area (Å²) in [5, 5.41) is 1.85. The quantitative estimate of drug-likeness (QED) is 0.550. The lowest BCUT2D eigenvalue weighted by molar-refractivity contribution is 0.0120. The lowest BCUT2D eigenvalue weighted by Crippen LogP contribution is -2.40. The SMILES string of the molecule is NC1N=C2C=C(c3cnc4on(Cc5cc(F)ccc5C(=O)N5CCC(F)(F)C5)c(=O)c4c3)C=CN2N1. The molecular weight excluding hydrogens is 491 g/mol. The molecule has 0 radical (unpaired) electrons. The van der Waals surface area contributed by atoms with Crippen molar-refractivity contribution >= 4 is 28.4 Å². The van der Waals surface area contributed by atoms with Gasteiger partial charge in [-0.2, -0.15) is 10.2 Å². The largest absolute Gasteiger partial charge is 0.355 e. The Labute approximate surface area is 207 Å². The molecule has 1 saturated heterocycles. The van der Waals surface area contributed by atoms with Gasteiger partial charge in [-0.3, -0.25) is 20.3 Å². The first-order valence-corrected chi connectivity index (χ1v) is 11.4. The topological polar surface area (TPSA) is 122 Å². The van der Waals surface area contributed by atoms with Crippen molar-refractivity contribution in [1.29, 1.82) is 0 Å². The Bertz CT molecular complexity index is 1590. The second kappa shape index (κ2) is 8.42. The second-order valence-corrected chi connectivity index (χ2v) is 8.99. The molecule has 2 aromatic heterocycles. The Morgan fingerprint density at radius 1 is 1.30 bits per heavy atom. The molecule has 3 aliphatic rings. The molecule has 0 saturated carbocycles. The number of halogens is 3. The minimum atomic E-state index is -2.97. The Balaban J connectivity index is 1.32. The molecule has 1 unspecified atom stereocenters. The van der Waals surface area contributed by atoms with Crippen LogP contribution in [0.15, 0.2) is 63.1 Å². The molecule has 0 spiro atoms. The standard InChI is InChI=1S/C24H20F3N7O3/c25-16-1-2-17(21(35)32-6-4-24(26,27)12-32)15(7-16)11-34-22(36)18-8-14(10-29-20(18)37-34)13-3-5-33-19(9-13)30-23(28)31-33/h1-3,5,7-10,23,31H,4,6,11-12,28H2. The number of pyridine rings is 1. The molecule has 6 rings (SSSR count). The number of rotatable bonds is 4. The highest BCUT2D eigenvalue weighted by atomic mass is 19.3. The molecule has 5 heterocycles. The summed E-state index contributed by atoms with van der Waals surface area (Å²) in [7, 11) is 0. The van der Waals surface area contributed by atoms with Crippen LogP contribution < -0.4 is 16.7 Å². The Kier molecular flexibility index (Phi) is 5.28. The van der Waals surface area contributed by atoms with Gasteiger partial charge in [0, 0.05) is 36.5 Å². The number of benzene rings is 1. The number of amidine groups is 1. The van der Waals surface area contributed by atoms with Crippen molar-refractivity contribution in [3.05, 3.63) is 81.7 Å². The van der Waals surface area contributed by atoms with Crippen LogP contribution in [0.4, 0.5) is 13.2 Å². The lowest BCUT2D eigenvalue weighted by Gasteiger charge is -2.18. The van der Waals surface area contributed by atoms with Gasteiger partial charge in [-0.05, 0) is 47.6 Å². The molecule has 3 aliphatic heterocycles. The van der Waals surface area contributed by atoms with E-state index < -0.39 is 42.5 Å². The lowest BCUT2D eigenvalue weighted by atomic mass is 10.0. The van der Waals surface area contributed by atoms with E-state index in [9.17, 15) is 22.8 Å². The van der Waals surface area contributed by atoms with Crippen LogP contribution in [0.25, 0.3) is 16.7 Å². The van der Waals surface area contributed by atoms with Gasteiger partial charge in [0.1, 0.15) is 17.0 Å². The van der Waals surface area contributed by atoms with E-state index in [1.54, 1.807) is 29.4 Å². The fourth-order valence-corrected chi connectivity index (χ4v) is 4.55. The van der Waals surface area contributed by atoms with E-state index in [1.807, 2.05) is 0 Å². The normalized spacial score (nSPS) is 20.4. The number of alkyl halides is 2. The number of nitrogens with two attached hydrogens (primary N) is 1. The number of aromatic nitrogens is 2. The van der Waals surface area contributed by atoms with Gasteiger partial charge in [-0.1, -0.05) is 0 Å². The Morgan fingerprint density at radius 3 is 2.92 bits per heavy atom. The van der Waals surface area contributed by atoms with Gasteiger partial charge in [0.25, 0.3) is 23.1 Å². The smallest absolute Gasteiger partial charge is 0.292 e. The number of nitrogens with one attached hydrogen (secondary N) is 1. The van der Waals surface area contributed by atoms with Crippen LogP contribution in [0, 0.1) is 5.82 Å². The number of likely N-dealkylation sites (tertiary alicyclic amines) is 1. The average molecular weight is 511 g/mol. The number of fused-ring (bicyclic) bond motifs is 2. The van der Waals surface area contributed by atoms with E-state index in [0.29, 0.717) is 11.4 Å². The summed E-state index contributed by atoms with van der Waals surface area (Å²) in [6.07, 6.45) is 5.88. The summed E-state index contributed by atoms with van der Waals surface area (Å²) < 4.78 is 47.9. The number of hydrogen-bond acceptors (Lipinski definition) is 8. The second-order valence-electron chi connectivity index (χ2n) is 8.99. The molecule has 37 heavy (non-hydrogen) atoms. The third kappa shape index (κ3) is 4.21. The van der Waals surface area contributed by atoms with Crippen LogP contribution in [-0.4, -0.2) is 56.7 Å². The van der Waals surface area contributed by atoms with E-state index in [-0.39, 0.29) is 35.3 Å². The first-order valence-electron chi connectivity index (χ1n) is 11.4. The molecule has 0 bridgehead atoms. The molecule has 0 aliphatic carbocycles. The molecule has 10 nitrogen and oxygen atoms in total. The van der Waals surface area contributed by atoms with Gasteiger partial charge in [0.05, 0.1) is 13.1 Å². The van der Waals surface area contributed by atoms with Crippen molar-refractivity contribution in [3.8, 4) is 0 Å². The van der Waals surface area contributed by atoms with Gasteiger partial charge in [0.2, 0.25) is 0 Å². The van der Waals surface area contributed by atoms with Crippen molar-refractivity contribution in [2.75, 3.05) is 13.1 Å². The van der Waals surface area contributed by atoms with Crippen molar-refractivity contribution in [2.45, 2.75) is 25.2 Å². The average Bonchev–Trinajstić information content (AvgIpc) is 3.52. The first kappa shape index (κ1) is 23.2. The third-order valence-electron chi connectivity index (χ3n) is 6.38. The van der Waals surface area contributed by atoms with E-state index in [4.69, 9.17) is 10.3 Å². The maximum Gasteiger partial charge on any atom is 0.292 e. The van der Waals surface area contributed by atoms with Crippen LogP contribution >= 0.6 is 0 Å². The van der Waals surface area contributed by atoms with Gasteiger partial charge >= 0.3 is 0 Å². The Morgan fingerprint density at radius 2 is 2.14 bits per heavy atom. The molecule has 3 aromatic rings. The minimum Gasteiger partial charge on any atom is -0.355 e. The van der Waals surface area contributed by atoms with E-state index in [2.05, 4.69) is 15.4 Å². The van der Waals surface area contributed by atoms with Gasteiger partial charge < -0.3 is 9.42 Å². The van der Waals surface area contributed by atoms with E-state index >= 15 is 0 Å². The maximum atomic E-state index is 14.1. The van der Waals surface area contributed by atoms with Crippen molar-refractivity contribution in [3.63, 3.8) is 0 Å². The molecule has 1 amide bonds. The monoisotopic (exact) mass is 511 g/mol. The number of hydrogen-bond donors (Lipinski definition) is 2. The minimum absolute atomic E-state index is 0.0197. The number of hydrazine groups is 1. The highest BCUT2D eigenvalue weighted by Crippen LogP contribution is 2.29. The third-order valence-corrected chi connectivity index (χ3v) is 6.38. The van der Waals surface area contributed by atoms with E-state index in [0.717, 1.165) is 27.3 Å². The number of carbonyl (C=O) groups is 1. The first-order chi connectivity index (χ1) is 17.7. The van der Waals surface area contributed by atoms with E-state index in [1.165, 1.54) is 12.3 Å². The van der Waals surface area contributed by atoms with Crippen LogP contribution in [0.2, 0.25) is 0 Å². The molecule has 190 valence electrons. The summed E-state index contributed by atoms with van der Waals surface area (Å²) in [5.41, 5.74) is 9.75. The molecular formula is C24H20F3N7O3. The van der Waals surface area contributed by atoms with Gasteiger partial charge in [-0.25, -0.2) is 23.1 Å². The summed E-state index contributed by atoms with van der Waals surface area (Å²) in [6, 6.07) is 5.00. The highest BCUT2D eigenvalue weighted by Gasteiger charge is 2.40. The zero-order valence-electron chi connectivity index (χ0n) is 19.2.